The van der Waals surface area contributed by atoms with Gasteiger partial charge >= 0.3 is 0 Å². The minimum absolute atomic E-state index is 0.0835. The number of anilines is 1. The lowest BCUT2D eigenvalue weighted by molar-refractivity contribution is -0.113. The van der Waals surface area contributed by atoms with E-state index < -0.39 is 0 Å². The van der Waals surface area contributed by atoms with E-state index in [9.17, 15) is 9.59 Å². The molecule has 0 saturated carbocycles. The Morgan fingerprint density at radius 1 is 1.21 bits per heavy atom. The molecule has 9 heteroatoms. The molecule has 1 aliphatic heterocycles. The average Bonchev–Trinajstić information content (AvgIpc) is 3.19. The lowest BCUT2D eigenvalue weighted by Gasteiger charge is -2.14. The van der Waals surface area contributed by atoms with Gasteiger partial charge in [0.25, 0.3) is 5.56 Å². The highest BCUT2D eigenvalue weighted by Crippen LogP contribution is 2.35. The van der Waals surface area contributed by atoms with E-state index in [2.05, 4.69) is 12.2 Å². The van der Waals surface area contributed by atoms with Crippen LogP contribution in [-0.2, 0) is 11.2 Å². The van der Waals surface area contributed by atoms with Crippen LogP contribution in [0.4, 0.5) is 5.69 Å². The third-order valence-electron chi connectivity index (χ3n) is 5.19. The SMILES string of the molecule is COc1ccc(OC)c(NC(=O)CSc2nc3c(c(=O)n2-c2ccc(C)cc2)SC(C)C3)c1. The molecule has 1 aromatic heterocycles. The number of carbonyl (C=O) groups excluding carboxylic acids is 1. The van der Waals surface area contributed by atoms with Gasteiger partial charge in [0.2, 0.25) is 5.91 Å². The topological polar surface area (TPSA) is 82.5 Å². The molecule has 4 rings (SSSR count). The number of methoxy groups -OCH3 is 2. The standard InChI is InChI=1S/C24H25N3O4S2/c1-14-5-7-16(8-6-14)27-23(29)22-19(11-15(2)33-22)26-24(27)32-13-21(28)25-18-12-17(30-3)9-10-20(18)31-4/h5-10,12,15H,11,13H2,1-4H3,(H,25,28). The Kier molecular flexibility index (Phi) is 6.99. The maximum atomic E-state index is 13.4. The maximum absolute atomic E-state index is 13.4. The van der Waals surface area contributed by atoms with Crippen LogP contribution >= 0.6 is 23.5 Å². The molecular formula is C24H25N3O4S2. The largest absolute Gasteiger partial charge is 0.497 e. The van der Waals surface area contributed by atoms with Crippen molar-refractivity contribution in [1.82, 2.24) is 9.55 Å². The van der Waals surface area contributed by atoms with Gasteiger partial charge in [-0.3, -0.25) is 14.2 Å². The summed E-state index contributed by atoms with van der Waals surface area (Å²) in [6.45, 7) is 4.08. The molecule has 0 aliphatic carbocycles. The Balaban J connectivity index is 1.61. The summed E-state index contributed by atoms with van der Waals surface area (Å²) in [5.41, 5.74) is 3.07. The fourth-order valence-electron chi connectivity index (χ4n) is 3.55. The molecule has 0 fully saturated rings. The van der Waals surface area contributed by atoms with Gasteiger partial charge in [0.05, 0.1) is 41.9 Å². The Morgan fingerprint density at radius 3 is 2.67 bits per heavy atom. The number of aryl methyl sites for hydroxylation is 1. The van der Waals surface area contributed by atoms with E-state index in [1.165, 1.54) is 11.8 Å². The lowest BCUT2D eigenvalue weighted by atomic mass is 10.2. The molecule has 0 radical (unpaired) electrons. The van der Waals surface area contributed by atoms with E-state index in [0.29, 0.717) is 32.5 Å². The van der Waals surface area contributed by atoms with Crippen molar-refractivity contribution in [3.63, 3.8) is 0 Å². The first kappa shape index (κ1) is 23.3. The second kappa shape index (κ2) is 9.93. The number of benzene rings is 2. The zero-order valence-corrected chi connectivity index (χ0v) is 20.5. The highest BCUT2D eigenvalue weighted by atomic mass is 32.2. The van der Waals surface area contributed by atoms with E-state index in [1.54, 1.807) is 48.7 Å². The van der Waals surface area contributed by atoms with Gasteiger partial charge in [-0.05, 0) is 31.2 Å². The van der Waals surface area contributed by atoms with Crippen molar-refractivity contribution in [2.45, 2.75) is 35.6 Å². The summed E-state index contributed by atoms with van der Waals surface area (Å²) in [6.07, 6.45) is 0.741. The van der Waals surface area contributed by atoms with Crippen LogP contribution in [0.25, 0.3) is 5.69 Å². The van der Waals surface area contributed by atoms with Gasteiger partial charge in [0.15, 0.2) is 5.16 Å². The van der Waals surface area contributed by atoms with E-state index in [1.807, 2.05) is 31.2 Å². The highest BCUT2D eigenvalue weighted by molar-refractivity contribution is 8.00. The third kappa shape index (κ3) is 5.04. The normalized spacial score (nSPS) is 14.6. The zero-order valence-electron chi connectivity index (χ0n) is 18.9. The van der Waals surface area contributed by atoms with E-state index >= 15 is 0 Å². The predicted molar refractivity (Wildman–Crippen MR) is 132 cm³/mol. The molecule has 2 aromatic carbocycles. The number of ether oxygens (including phenoxy) is 2. The second-order valence-electron chi connectivity index (χ2n) is 7.68. The number of amides is 1. The Morgan fingerprint density at radius 2 is 1.97 bits per heavy atom. The Labute approximate surface area is 200 Å². The zero-order chi connectivity index (χ0) is 23.5. The molecule has 0 saturated heterocycles. The molecule has 172 valence electrons. The van der Waals surface area contributed by atoms with Crippen LogP contribution in [0.1, 0.15) is 18.2 Å². The quantitative estimate of drug-likeness (QED) is 0.396. The molecule has 33 heavy (non-hydrogen) atoms. The number of nitrogens with zero attached hydrogens (tertiary/aromatic N) is 2. The average molecular weight is 484 g/mol. The van der Waals surface area contributed by atoms with Crippen LogP contribution in [0.5, 0.6) is 11.5 Å². The van der Waals surface area contributed by atoms with Crippen LogP contribution in [0.2, 0.25) is 0 Å². The van der Waals surface area contributed by atoms with Crippen molar-refractivity contribution in [1.29, 1.82) is 0 Å². The molecule has 1 unspecified atom stereocenters. The molecule has 1 N–H and O–H groups in total. The fourth-order valence-corrected chi connectivity index (χ4v) is 5.47. The van der Waals surface area contributed by atoms with Crippen LogP contribution in [0.3, 0.4) is 0 Å². The van der Waals surface area contributed by atoms with Crippen molar-refractivity contribution < 1.29 is 14.3 Å². The fraction of sp³-hybridized carbons (Fsp3) is 0.292. The molecule has 1 amide bonds. The number of hydrogen-bond acceptors (Lipinski definition) is 7. The Hall–Kier alpha value is -2.91. The van der Waals surface area contributed by atoms with E-state index in [4.69, 9.17) is 14.5 Å². The second-order valence-corrected chi connectivity index (χ2v) is 10.1. The highest BCUT2D eigenvalue weighted by Gasteiger charge is 2.27. The predicted octanol–water partition coefficient (Wildman–Crippen LogP) is 4.33. The molecule has 1 aliphatic rings. The number of fused-ring (bicyclic) bond motifs is 1. The van der Waals surface area contributed by atoms with Crippen molar-refractivity contribution >= 4 is 35.1 Å². The van der Waals surface area contributed by atoms with Gasteiger partial charge in [0, 0.05) is 17.7 Å². The number of carbonyl (C=O) groups is 1. The van der Waals surface area contributed by atoms with Crippen molar-refractivity contribution in [3.05, 3.63) is 64.1 Å². The number of thioether (sulfide) groups is 2. The van der Waals surface area contributed by atoms with Crippen LogP contribution in [0, 0.1) is 6.92 Å². The number of rotatable bonds is 7. The summed E-state index contributed by atoms with van der Waals surface area (Å²) >= 11 is 2.80. The van der Waals surface area contributed by atoms with Crippen molar-refractivity contribution in [3.8, 4) is 17.2 Å². The van der Waals surface area contributed by atoms with Crippen LogP contribution in [0.15, 0.2) is 57.3 Å². The monoisotopic (exact) mass is 483 g/mol. The summed E-state index contributed by atoms with van der Waals surface area (Å²) in [6, 6.07) is 12.9. The first-order chi connectivity index (χ1) is 15.9. The maximum Gasteiger partial charge on any atom is 0.272 e. The van der Waals surface area contributed by atoms with E-state index in [-0.39, 0.29) is 17.2 Å². The van der Waals surface area contributed by atoms with E-state index in [0.717, 1.165) is 23.4 Å². The number of nitrogens with one attached hydrogen (secondary N) is 1. The molecular weight excluding hydrogens is 458 g/mol. The smallest absolute Gasteiger partial charge is 0.272 e. The molecule has 1 atom stereocenters. The molecule has 7 nitrogen and oxygen atoms in total. The summed E-state index contributed by atoms with van der Waals surface area (Å²) in [4.78, 5) is 31.6. The third-order valence-corrected chi connectivity index (χ3v) is 7.34. The van der Waals surface area contributed by atoms with Crippen LogP contribution in [-0.4, -0.2) is 40.7 Å². The summed E-state index contributed by atoms with van der Waals surface area (Å²) < 4.78 is 12.2. The van der Waals surface area contributed by atoms with Gasteiger partial charge < -0.3 is 14.8 Å². The Bertz CT molecular complexity index is 1240. The molecule has 2 heterocycles. The summed E-state index contributed by atoms with van der Waals surface area (Å²) in [7, 11) is 3.10. The molecule has 0 spiro atoms. The summed E-state index contributed by atoms with van der Waals surface area (Å²) in [5.74, 6) is 0.992. The van der Waals surface area contributed by atoms with Crippen molar-refractivity contribution in [2.75, 3.05) is 25.3 Å². The van der Waals surface area contributed by atoms with Gasteiger partial charge in [-0.25, -0.2) is 4.98 Å². The van der Waals surface area contributed by atoms with Crippen LogP contribution < -0.4 is 20.3 Å². The number of aromatic nitrogens is 2. The van der Waals surface area contributed by atoms with Gasteiger partial charge in [-0.1, -0.05) is 36.4 Å². The first-order valence-corrected chi connectivity index (χ1v) is 12.3. The first-order valence-electron chi connectivity index (χ1n) is 10.4. The number of hydrogen-bond donors (Lipinski definition) is 1. The summed E-state index contributed by atoms with van der Waals surface area (Å²) in [5, 5.41) is 3.67. The molecule has 0 bridgehead atoms. The van der Waals surface area contributed by atoms with Gasteiger partial charge in [-0.15, -0.1) is 11.8 Å². The minimum atomic E-state index is -0.237. The lowest BCUT2D eigenvalue weighted by Crippen LogP contribution is -2.24. The van der Waals surface area contributed by atoms with Gasteiger partial charge in [-0.2, -0.15) is 0 Å². The molecule has 3 aromatic rings. The van der Waals surface area contributed by atoms with Crippen molar-refractivity contribution in [2.24, 2.45) is 0 Å². The van der Waals surface area contributed by atoms with Gasteiger partial charge in [0.1, 0.15) is 11.5 Å². The minimum Gasteiger partial charge on any atom is -0.497 e.